The summed E-state index contributed by atoms with van der Waals surface area (Å²) in [5, 5.41) is 14.9. The summed E-state index contributed by atoms with van der Waals surface area (Å²) >= 11 is 1.42. The Labute approximate surface area is 131 Å². The highest BCUT2D eigenvalue weighted by molar-refractivity contribution is 7.14. The molecule has 1 aromatic heterocycles. The van der Waals surface area contributed by atoms with Crippen molar-refractivity contribution < 1.29 is 4.79 Å². The molecule has 0 atom stereocenters. The van der Waals surface area contributed by atoms with Crippen LogP contribution in [0.15, 0.2) is 5.38 Å². The SMILES string of the molecule is CCCC(C#N)(CCC)C(=O)Nc1nc(C(C)(C)C)cs1. The first-order chi connectivity index (χ1) is 9.79. The number of carbonyl (C=O) groups excluding carboxylic acids is 1. The second-order valence-corrected chi connectivity index (χ2v) is 7.29. The molecule has 0 unspecified atom stereocenters. The molecule has 0 aliphatic heterocycles. The Morgan fingerprint density at radius 1 is 1.33 bits per heavy atom. The van der Waals surface area contributed by atoms with Gasteiger partial charge in [0.2, 0.25) is 5.91 Å². The van der Waals surface area contributed by atoms with Crippen molar-refractivity contribution in [2.75, 3.05) is 5.32 Å². The maximum atomic E-state index is 12.5. The highest BCUT2D eigenvalue weighted by atomic mass is 32.1. The minimum Gasteiger partial charge on any atom is -0.301 e. The molecule has 0 saturated carbocycles. The summed E-state index contributed by atoms with van der Waals surface area (Å²) in [4.78, 5) is 17.0. The number of nitriles is 1. The van der Waals surface area contributed by atoms with E-state index in [1.807, 2.05) is 19.2 Å². The van der Waals surface area contributed by atoms with Crippen molar-refractivity contribution in [3.8, 4) is 6.07 Å². The van der Waals surface area contributed by atoms with Crippen LogP contribution in [0.2, 0.25) is 0 Å². The van der Waals surface area contributed by atoms with Crippen molar-refractivity contribution in [1.82, 2.24) is 4.98 Å². The molecule has 1 rings (SSSR count). The predicted octanol–water partition coefficient (Wildman–Crippen LogP) is 4.49. The van der Waals surface area contributed by atoms with E-state index < -0.39 is 5.41 Å². The van der Waals surface area contributed by atoms with Gasteiger partial charge in [0.05, 0.1) is 11.8 Å². The Hall–Kier alpha value is -1.41. The van der Waals surface area contributed by atoms with Gasteiger partial charge in [0.15, 0.2) is 5.13 Å². The standard InChI is InChI=1S/C16H25N3OS/c1-6-8-16(11-17,9-7-2)13(20)19-14-18-12(10-21-14)15(3,4)5/h10H,6-9H2,1-5H3,(H,18,19,20). The molecule has 1 heterocycles. The van der Waals surface area contributed by atoms with E-state index in [1.165, 1.54) is 11.3 Å². The monoisotopic (exact) mass is 307 g/mol. The zero-order chi connectivity index (χ0) is 16.1. The highest BCUT2D eigenvalue weighted by Gasteiger charge is 2.37. The third-order valence-electron chi connectivity index (χ3n) is 3.50. The molecule has 0 fully saturated rings. The summed E-state index contributed by atoms with van der Waals surface area (Å²) in [5.74, 6) is -0.219. The summed E-state index contributed by atoms with van der Waals surface area (Å²) in [7, 11) is 0. The minimum absolute atomic E-state index is 0.0430. The smallest absolute Gasteiger partial charge is 0.246 e. The lowest BCUT2D eigenvalue weighted by Crippen LogP contribution is -2.35. The number of nitrogens with zero attached hydrogens (tertiary/aromatic N) is 2. The normalized spacial score (nSPS) is 12.0. The van der Waals surface area contributed by atoms with Gasteiger partial charge in [0.25, 0.3) is 0 Å². The first kappa shape index (κ1) is 17.6. The fraction of sp³-hybridized carbons (Fsp3) is 0.688. The van der Waals surface area contributed by atoms with Gasteiger partial charge in [-0.2, -0.15) is 5.26 Å². The van der Waals surface area contributed by atoms with E-state index in [0.29, 0.717) is 18.0 Å². The van der Waals surface area contributed by atoms with Gasteiger partial charge in [-0.1, -0.05) is 47.5 Å². The molecule has 4 nitrogen and oxygen atoms in total. The molecule has 0 radical (unpaired) electrons. The van der Waals surface area contributed by atoms with Crippen LogP contribution in [0, 0.1) is 16.7 Å². The van der Waals surface area contributed by atoms with Crippen molar-refractivity contribution in [1.29, 1.82) is 5.26 Å². The van der Waals surface area contributed by atoms with Crippen molar-refractivity contribution in [2.24, 2.45) is 5.41 Å². The fourth-order valence-corrected chi connectivity index (χ4v) is 3.19. The quantitative estimate of drug-likeness (QED) is 0.842. The third-order valence-corrected chi connectivity index (χ3v) is 4.25. The van der Waals surface area contributed by atoms with E-state index >= 15 is 0 Å². The Morgan fingerprint density at radius 2 is 1.90 bits per heavy atom. The molecule has 116 valence electrons. The molecule has 21 heavy (non-hydrogen) atoms. The maximum Gasteiger partial charge on any atom is 0.246 e. The summed E-state index contributed by atoms with van der Waals surface area (Å²) in [5.41, 5.74) is -0.0215. The van der Waals surface area contributed by atoms with E-state index in [2.05, 4.69) is 37.1 Å². The van der Waals surface area contributed by atoms with Crippen LogP contribution in [0.5, 0.6) is 0 Å². The average molecular weight is 307 g/mol. The molecule has 5 heteroatoms. The molecule has 0 aliphatic carbocycles. The maximum absolute atomic E-state index is 12.5. The lowest BCUT2D eigenvalue weighted by atomic mass is 9.80. The van der Waals surface area contributed by atoms with E-state index in [4.69, 9.17) is 0 Å². The fourth-order valence-electron chi connectivity index (χ4n) is 2.26. The number of hydrogen-bond acceptors (Lipinski definition) is 4. The van der Waals surface area contributed by atoms with Gasteiger partial charge in [-0.05, 0) is 12.8 Å². The topological polar surface area (TPSA) is 65.8 Å². The Morgan fingerprint density at radius 3 is 2.29 bits per heavy atom. The first-order valence-electron chi connectivity index (χ1n) is 7.47. The van der Waals surface area contributed by atoms with Crippen LogP contribution in [0.3, 0.4) is 0 Å². The highest BCUT2D eigenvalue weighted by Crippen LogP contribution is 2.32. The number of carbonyl (C=O) groups is 1. The zero-order valence-electron chi connectivity index (χ0n) is 13.6. The molecular formula is C16H25N3OS. The Balaban J connectivity index is 2.92. The summed E-state index contributed by atoms with van der Waals surface area (Å²) in [6.07, 6.45) is 2.79. The molecule has 0 saturated heterocycles. The van der Waals surface area contributed by atoms with E-state index in [1.54, 1.807) is 0 Å². The van der Waals surface area contributed by atoms with Gasteiger partial charge in [-0.25, -0.2) is 4.98 Å². The predicted molar refractivity (Wildman–Crippen MR) is 87.3 cm³/mol. The lowest BCUT2D eigenvalue weighted by molar-refractivity contribution is -0.123. The molecule has 1 aromatic rings. The van der Waals surface area contributed by atoms with E-state index in [-0.39, 0.29) is 11.3 Å². The Kier molecular flexibility index (Phi) is 5.91. The van der Waals surface area contributed by atoms with Crippen LogP contribution in [-0.4, -0.2) is 10.9 Å². The van der Waals surface area contributed by atoms with Crippen molar-refractivity contribution in [2.45, 2.75) is 65.7 Å². The number of nitrogens with one attached hydrogen (secondary N) is 1. The molecule has 1 N–H and O–H groups in total. The van der Waals surface area contributed by atoms with Crippen LogP contribution < -0.4 is 5.32 Å². The minimum atomic E-state index is -0.933. The van der Waals surface area contributed by atoms with Crippen molar-refractivity contribution in [3.05, 3.63) is 11.1 Å². The first-order valence-corrected chi connectivity index (χ1v) is 8.35. The van der Waals surface area contributed by atoms with Gasteiger partial charge in [0.1, 0.15) is 5.41 Å². The molecule has 0 spiro atoms. The van der Waals surface area contributed by atoms with Crippen LogP contribution in [0.1, 0.15) is 66.0 Å². The van der Waals surface area contributed by atoms with Gasteiger partial charge in [-0.15, -0.1) is 11.3 Å². The Bertz CT molecular complexity index is 516. The number of anilines is 1. The lowest BCUT2D eigenvalue weighted by Gasteiger charge is -2.23. The van der Waals surface area contributed by atoms with Crippen molar-refractivity contribution in [3.63, 3.8) is 0 Å². The number of amides is 1. The third kappa shape index (κ3) is 4.28. The summed E-state index contributed by atoms with van der Waals surface area (Å²) < 4.78 is 0. The van der Waals surface area contributed by atoms with E-state index in [0.717, 1.165) is 18.5 Å². The molecule has 0 bridgehead atoms. The largest absolute Gasteiger partial charge is 0.301 e. The number of rotatable bonds is 6. The van der Waals surface area contributed by atoms with Crippen LogP contribution in [0.4, 0.5) is 5.13 Å². The van der Waals surface area contributed by atoms with Crippen LogP contribution in [-0.2, 0) is 10.2 Å². The number of aromatic nitrogens is 1. The average Bonchev–Trinajstić information content (AvgIpc) is 2.86. The number of thiazole rings is 1. The summed E-state index contributed by atoms with van der Waals surface area (Å²) in [6, 6.07) is 2.24. The van der Waals surface area contributed by atoms with Gasteiger partial charge in [-0.3, -0.25) is 4.79 Å². The second kappa shape index (κ2) is 7.04. The van der Waals surface area contributed by atoms with Crippen molar-refractivity contribution >= 4 is 22.4 Å². The van der Waals surface area contributed by atoms with Crippen LogP contribution in [0.25, 0.3) is 0 Å². The van der Waals surface area contributed by atoms with Gasteiger partial charge < -0.3 is 5.32 Å². The molecule has 0 aromatic carbocycles. The molecule has 0 aliphatic rings. The van der Waals surface area contributed by atoms with Gasteiger partial charge in [0, 0.05) is 10.8 Å². The molecular weight excluding hydrogens is 282 g/mol. The van der Waals surface area contributed by atoms with Crippen LogP contribution >= 0.6 is 11.3 Å². The zero-order valence-corrected chi connectivity index (χ0v) is 14.4. The van der Waals surface area contributed by atoms with Gasteiger partial charge >= 0.3 is 0 Å². The van der Waals surface area contributed by atoms with E-state index in [9.17, 15) is 10.1 Å². The molecule has 1 amide bonds. The second-order valence-electron chi connectivity index (χ2n) is 6.44. The summed E-state index contributed by atoms with van der Waals surface area (Å²) in [6.45, 7) is 10.2. The number of hydrogen-bond donors (Lipinski definition) is 1.